The molecule has 5 nitrogen and oxygen atoms in total. The maximum atomic E-state index is 8.29. The van der Waals surface area contributed by atoms with Gasteiger partial charge in [-0.2, -0.15) is 5.26 Å². The van der Waals surface area contributed by atoms with Crippen LogP contribution in [0.5, 0.6) is 0 Å². The third-order valence-electron chi connectivity index (χ3n) is 2.33. The van der Waals surface area contributed by atoms with Crippen LogP contribution in [0.4, 0.5) is 0 Å². The minimum atomic E-state index is 0.427. The Morgan fingerprint density at radius 1 is 0.947 bits per heavy atom. The number of aromatic nitrogens is 1. The molecule has 0 unspecified atom stereocenters. The number of pyridine rings is 1. The van der Waals surface area contributed by atoms with E-state index in [1.165, 1.54) is 0 Å². The minimum absolute atomic E-state index is 0.427. The van der Waals surface area contributed by atoms with Crippen LogP contribution in [-0.4, -0.2) is 44.6 Å². The molecule has 0 saturated carbocycles. The van der Waals surface area contributed by atoms with E-state index >= 15 is 0 Å². The summed E-state index contributed by atoms with van der Waals surface area (Å²) in [6.07, 6.45) is 3.03. The van der Waals surface area contributed by atoms with E-state index in [0.717, 1.165) is 12.1 Å². The first-order chi connectivity index (χ1) is 9.43. The van der Waals surface area contributed by atoms with Gasteiger partial charge < -0.3 is 14.2 Å². The van der Waals surface area contributed by atoms with Crippen LogP contribution in [0.1, 0.15) is 12.1 Å². The summed E-state index contributed by atoms with van der Waals surface area (Å²) in [6, 6.07) is 7.87. The van der Waals surface area contributed by atoms with Crippen LogP contribution in [0.3, 0.4) is 0 Å². The Balaban J connectivity index is 1.80. The average molecular weight is 264 g/mol. The van der Waals surface area contributed by atoms with E-state index in [2.05, 4.69) is 4.98 Å². The third kappa shape index (κ3) is 9.14. The lowest BCUT2D eigenvalue weighted by Crippen LogP contribution is -2.11. The van der Waals surface area contributed by atoms with Crippen molar-refractivity contribution in [2.75, 3.05) is 39.6 Å². The molecule has 0 N–H and O–H groups in total. The van der Waals surface area contributed by atoms with Crippen molar-refractivity contribution in [1.82, 2.24) is 4.98 Å². The molecule has 104 valence electrons. The van der Waals surface area contributed by atoms with Gasteiger partial charge in [-0.15, -0.1) is 0 Å². The minimum Gasteiger partial charge on any atom is -0.379 e. The quantitative estimate of drug-likeness (QED) is 0.568. The summed E-state index contributed by atoms with van der Waals surface area (Å²) in [6.45, 7) is 3.32. The number of hydrogen-bond donors (Lipinski definition) is 0. The normalized spacial score (nSPS) is 10.3. The molecule has 1 aromatic rings. The molecule has 0 bridgehead atoms. The van der Waals surface area contributed by atoms with Crippen molar-refractivity contribution >= 4 is 0 Å². The zero-order valence-electron chi connectivity index (χ0n) is 11.1. The molecule has 1 aromatic heterocycles. The predicted octanol–water partition coefficient (Wildman–Crippen LogP) is 1.59. The molecule has 0 spiro atoms. The first-order valence-electron chi connectivity index (χ1n) is 6.43. The molecule has 0 amide bonds. The van der Waals surface area contributed by atoms with E-state index in [1.807, 2.05) is 24.3 Å². The lowest BCUT2D eigenvalue weighted by atomic mass is 10.3. The van der Waals surface area contributed by atoms with Crippen molar-refractivity contribution in [3.63, 3.8) is 0 Å². The summed E-state index contributed by atoms with van der Waals surface area (Å²) in [7, 11) is 0. The van der Waals surface area contributed by atoms with Gasteiger partial charge in [0, 0.05) is 18.3 Å². The van der Waals surface area contributed by atoms with Crippen molar-refractivity contribution < 1.29 is 14.2 Å². The van der Waals surface area contributed by atoms with E-state index in [0.29, 0.717) is 46.1 Å². The van der Waals surface area contributed by atoms with Crippen molar-refractivity contribution in [2.45, 2.75) is 12.8 Å². The van der Waals surface area contributed by atoms with Gasteiger partial charge in [0.05, 0.1) is 52.1 Å². The van der Waals surface area contributed by atoms with Crippen LogP contribution in [0.15, 0.2) is 24.4 Å². The van der Waals surface area contributed by atoms with E-state index in [-0.39, 0.29) is 0 Å². The molecule has 0 saturated heterocycles. The van der Waals surface area contributed by atoms with Crippen LogP contribution in [0.25, 0.3) is 0 Å². The van der Waals surface area contributed by atoms with Crippen molar-refractivity contribution in [2.24, 2.45) is 0 Å². The smallest absolute Gasteiger partial charge is 0.0701 e. The van der Waals surface area contributed by atoms with Gasteiger partial charge in [-0.25, -0.2) is 0 Å². The monoisotopic (exact) mass is 264 g/mol. The van der Waals surface area contributed by atoms with E-state index in [1.54, 1.807) is 6.20 Å². The predicted molar refractivity (Wildman–Crippen MR) is 70.6 cm³/mol. The number of hydrogen-bond acceptors (Lipinski definition) is 5. The van der Waals surface area contributed by atoms with Gasteiger partial charge >= 0.3 is 0 Å². The molecule has 0 aromatic carbocycles. The molecular formula is C14H20N2O3. The summed E-state index contributed by atoms with van der Waals surface area (Å²) in [4.78, 5) is 4.21. The van der Waals surface area contributed by atoms with E-state index in [9.17, 15) is 0 Å². The standard InChI is InChI=1S/C14H20N2O3/c15-6-3-8-17-10-12-19-13-11-18-9-5-14-4-1-2-7-16-14/h1-2,4,7H,3,5,8-13H2. The lowest BCUT2D eigenvalue weighted by Gasteiger charge is -2.06. The Morgan fingerprint density at radius 3 is 2.26 bits per heavy atom. The Hall–Kier alpha value is -1.48. The average Bonchev–Trinajstić information content (AvgIpc) is 2.46. The highest BCUT2D eigenvalue weighted by molar-refractivity contribution is 5.03. The largest absolute Gasteiger partial charge is 0.379 e. The lowest BCUT2D eigenvalue weighted by molar-refractivity contribution is 0.0160. The fourth-order valence-corrected chi connectivity index (χ4v) is 1.38. The van der Waals surface area contributed by atoms with Crippen molar-refractivity contribution in [3.05, 3.63) is 30.1 Å². The fraction of sp³-hybridized carbons (Fsp3) is 0.571. The zero-order valence-corrected chi connectivity index (χ0v) is 11.1. The highest BCUT2D eigenvalue weighted by Gasteiger charge is 1.94. The zero-order chi connectivity index (χ0) is 13.6. The molecular weight excluding hydrogens is 244 g/mol. The molecule has 1 heterocycles. The third-order valence-corrected chi connectivity index (χ3v) is 2.33. The van der Waals surface area contributed by atoms with Gasteiger partial charge in [-0.05, 0) is 12.1 Å². The number of nitrogens with zero attached hydrogens (tertiary/aromatic N) is 2. The van der Waals surface area contributed by atoms with Gasteiger partial charge in [0.1, 0.15) is 0 Å². The molecule has 0 aliphatic rings. The molecule has 0 atom stereocenters. The summed E-state index contributed by atoms with van der Waals surface area (Å²) in [5, 5.41) is 8.29. The fourth-order valence-electron chi connectivity index (χ4n) is 1.38. The number of rotatable bonds is 11. The van der Waals surface area contributed by atoms with E-state index in [4.69, 9.17) is 19.5 Å². The first-order valence-corrected chi connectivity index (χ1v) is 6.43. The number of nitriles is 1. The SMILES string of the molecule is N#CCCOCCOCCOCCc1ccccn1. The van der Waals surface area contributed by atoms with Gasteiger partial charge in [0.2, 0.25) is 0 Å². The summed E-state index contributed by atoms with van der Waals surface area (Å²) < 4.78 is 15.9. The highest BCUT2D eigenvalue weighted by atomic mass is 16.5. The van der Waals surface area contributed by atoms with Gasteiger partial charge in [0.25, 0.3) is 0 Å². The maximum Gasteiger partial charge on any atom is 0.0701 e. The summed E-state index contributed by atoms with van der Waals surface area (Å²) in [5.74, 6) is 0. The van der Waals surface area contributed by atoms with E-state index < -0.39 is 0 Å². The van der Waals surface area contributed by atoms with Crippen LogP contribution >= 0.6 is 0 Å². The Labute approximate surface area is 114 Å². The summed E-state index contributed by atoms with van der Waals surface area (Å²) in [5.41, 5.74) is 1.04. The first kappa shape index (κ1) is 15.6. The van der Waals surface area contributed by atoms with Crippen molar-refractivity contribution in [3.8, 4) is 6.07 Å². The van der Waals surface area contributed by atoms with Gasteiger partial charge in [-0.3, -0.25) is 4.98 Å². The van der Waals surface area contributed by atoms with Crippen molar-refractivity contribution in [1.29, 1.82) is 5.26 Å². The second kappa shape index (κ2) is 11.6. The Bertz CT molecular complexity index is 351. The Kier molecular flexibility index (Phi) is 9.51. The molecule has 5 heteroatoms. The topological polar surface area (TPSA) is 64.4 Å². The van der Waals surface area contributed by atoms with Gasteiger partial charge in [-0.1, -0.05) is 6.07 Å². The molecule has 1 rings (SSSR count). The van der Waals surface area contributed by atoms with Gasteiger partial charge in [0.15, 0.2) is 0 Å². The highest BCUT2D eigenvalue weighted by Crippen LogP contribution is 1.94. The molecule has 0 fully saturated rings. The van der Waals surface area contributed by atoms with Crippen LogP contribution < -0.4 is 0 Å². The van der Waals surface area contributed by atoms with Crippen LogP contribution in [-0.2, 0) is 20.6 Å². The number of ether oxygens (including phenoxy) is 3. The second-order valence-corrected chi connectivity index (χ2v) is 3.82. The van der Waals surface area contributed by atoms with Crippen LogP contribution in [0.2, 0.25) is 0 Å². The summed E-state index contributed by atoms with van der Waals surface area (Å²) >= 11 is 0. The van der Waals surface area contributed by atoms with Crippen LogP contribution in [0, 0.1) is 11.3 Å². The Morgan fingerprint density at radius 2 is 1.63 bits per heavy atom. The molecule has 0 aliphatic heterocycles. The molecule has 0 aliphatic carbocycles. The molecule has 0 radical (unpaired) electrons. The second-order valence-electron chi connectivity index (χ2n) is 3.82. The maximum absolute atomic E-state index is 8.29. The molecule has 19 heavy (non-hydrogen) atoms.